The van der Waals surface area contributed by atoms with Crippen molar-refractivity contribution in [1.29, 1.82) is 0 Å². The molecule has 0 radical (unpaired) electrons. The van der Waals surface area contributed by atoms with Crippen molar-refractivity contribution in [2.75, 3.05) is 6.61 Å². The number of phosphoric acid groups is 1. The number of phosphoric ester groups is 1. The summed E-state index contributed by atoms with van der Waals surface area (Å²) in [6.07, 6.45) is -5.60. The lowest BCUT2D eigenvalue weighted by atomic mass is 10.1. The Morgan fingerprint density at radius 1 is 1.41 bits per heavy atom. The van der Waals surface area contributed by atoms with Gasteiger partial charge in [0, 0.05) is 0 Å². The highest BCUT2D eigenvalue weighted by Gasteiger charge is 2.59. The summed E-state index contributed by atoms with van der Waals surface area (Å²) in [6, 6.07) is 0. The maximum Gasteiger partial charge on any atom is 0.469 e. The van der Waals surface area contributed by atoms with Crippen LogP contribution in [0.1, 0.15) is 0 Å². The van der Waals surface area contributed by atoms with Gasteiger partial charge in [-0.3, -0.25) is 4.52 Å². The van der Waals surface area contributed by atoms with Crippen LogP contribution in [0.4, 0.5) is 0 Å². The van der Waals surface area contributed by atoms with Gasteiger partial charge in [0.15, 0.2) is 0 Å². The Balaban J connectivity index is 2.73. The van der Waals surface area contributed by atoms with Crippen LogP contribution in [-0.2, 0) is 18.6 Å². The monoisotopic (exact) mass is 274 g/mol. The minimum atomic E-state index is -4.83. The molecule has 0 spiro atoms. The minimum Gasteiger partial charge on any atom is -0.477 e. The number of carbonyl (C=O) groups is 1. The smallest absolute Gasteiger partial charge is 0.469 e. The third-order valence-corrected chi connectivity index (χ3v) is 2.64. The largest absolute Gasteiger partial charge is 0.477 e. The van der Waals surface area contributed by atoms with Crippen molar-refractivity contribution in [1.82, 2.24) is 0 Å². The molecule has 6 N–H and O–H groups in total. The number of aliphatic hydroxyl groups is 3. The molecule has 1 rings (SSSR count). The lowest BCUT2D eigenvalue weighted by Gasteiger charge is -2.20. The second-order valence-corrected chi connectivity index (χ2v) is 4.62. The average Bonchev–Trinajstić information content (AvgIpc) is 2.40. The summed E-state index contributed by atoms with van der Waals surface area (Å²) in [7, 11) is -4.83. The van der Waals surface area contributed by atoms with Crippen LogP contribution >= 0.6 is 7.82 Å². The molecule has 1 unspecified atom stereocenters. The van der Waals surface area contributed by atoms with Gasteiger partial charge < -0.3 is 34.9 Å². The van der Waals surface area contributed by atoms with Crippen LogP contribution in [0.25, 0.3) is 0 Å². The number of rotatable bonds is 4. The SMILES string of the molecule is O=C(O)C1(O)O[C@H](COP(=O)(O)O)[C@@H](O)[C@@H]1O. The average molecular weight is 274 g/mol. The predicted molar refractivity (Wildman–Crippen MR) is 47.5 cm³/mol. The number of ether oxygens (including phenoxy) is 1. The van der Waals surface area contributed by atoms with Crippen molar-refractivity contribution in [3.05, 3.63) is 0 Å². The third kappa shape index (κ3) is 3.00. The second kappa shape index (κ2) is 4.59. The summed E-state index contributed by atoms with van der Waals surface area (Å²) in [5, 5.41) is 36.4. The van der Waals surface area contributed by atoms with Gasteiger partial charge in [-0.25, -0.2) is 9.36 Å². The Bertz CT molecular complexity index is 351. The highest BCUT2D eigenvalue weighted by atomic mass is 31.2. The molecule has 1 saturated heterocycles. The molecule has 4 atom stereocenters. The van der Waals surface area contributed by atoms with Gasteiger partial charge in [-0.2, -0.15) is 0 Å². The van der Waals surface area contributed by atoms with E-state index in [0.29, 0.717) is 0 Å². The lowest BCUT2D eigenvalue weighted by Crippen LogP contribution is -2.49. The Hall–Kier alpha value is -0.580. The molecule has 1 aliphatic rings. The number of aliphatic carboxylic acids is 1. The number of aliphatic hydroxyl groups excluding tert-OH is 2. The van der Waals surface area contributed by atoms with E-state index in [1.165, 1.54) is 0 Å². The van der Waals surface area contributed by atoms with E-state index in [1.54, 1.807) is 0 Å². The van der Waals surface area contributed by atoms with E-state index in [0.717, 1.165) is 0 Å². The first-order valence-electron chi connectivity index (χ1n) is 4.27. The standard InChI is InChI=1S/C6H11O10P/c7-3-2(1-15-17(12,13)14)16-6(11,4(3)8)5(9)10/h2-4,7-8,11H,1H2,(H,9,10)(H2,12,13,14)/t2-,3-,4+,6?/m1/s1. The summed E-state index contributed by atoms with van der Waals surface area (Å²) in [6.45, 7) is -0.891. The highest BCUT2D eigenvalue weighted by Crippen LogP contribution is 2.38. The first-order valence-corrected chi connectivity index (χ1v) is 5.81. The summed E-state index contributed by atoms with van der Waals surface area (Å²) < 4.78 is 18.8. The normalized spacial score (nSPS) is 38.3. The molecule has 1 heterocycles. The van der Waals surface area contributed by atoms with E-state index in [1.807, 2.05) is 0 Å². The second-order valence-electron chi connectivity index (χ2n) is 3.38. The number of carboxylic acid groups (broad SMARTS) is 1. The molecular formula is C6H11O10P. The molecule has 17 heavy (non-hydrogen) atoms. The summed E-state index contributed by atoms with van der Waals surface area (Å²) in [4.78, 5) is 27.3. The Morgan fingerprint density at radius 3 is 2.29 bits per heavy atom. The molecule has 0 saturated carbocycles. The Kier molecular flexibility index (Phi) is 3.91. The van der Waals surface area contributed by atoms with Gasteiger partial charge in [-0.15, -0.1) is 0 Å². The van der Waals surface area contributed by atoms with E-state index in [2.05, 4.69) is 9.26 Å². The van der Waals surface area contributed by atoms with Gasteiger partial charge in [0.25, 0.3) is 5.79 Å². The first-order chi connectivity index (χ1) is 7.58. The Morgan fingerprint density at radius 2 is 1.94 bits per heavy atom. The molecule has 0 aromatic carbocycles. The summed E-state index contributed by atoms with van der Waals surface area (Å²) >= 11 is 0. The van der Waals surface area contributed by atoms with Crippen LogP contribution in [0.2, 0.25) is 0 Å². The number of hydrogen-bond donors (Lipinski definition) is 6. The zero-order valence-corrected chi connectivity index (χ0v) is 9.10. The van der Waals surface area contributed by atoms with Crippen LogP contribution in [0.5, 0.6) is 0 Å². The molecule has 0 aliphatic carbocycles. The zero-order valence-electron chi connectivity index (χ0n) is 8.20. The van der Waals surface area contributed by atoms with Gasteiger partial charge in [-0.1, -0.05) is 0 Å². The van der Waals surface area contributed by atoms with Crippen molar-refractivity contribution in [2.45, 2.75) is 24.1 Å². The fourth-order valence-electron chi connectivity index (χ4n) is 1.29. The van der Waals surface area contributed by atoms with Crippen molar-refractivity contribution >= 4 is 13.8 Å². The Labute approximate surface area is 94.3 Å². The van der Waals surface area contributed by atoms with Gasteiger partial charge in [0.2, 0.25) is 0 Å². The quantitative estimate of drug-likeness (QED) is 0.289. The first kappa shape index (κ1) is 14.5. The molecule has 0 bridgehead atoms. The molecule has 1 fully saturated rings. The molecular weight excluding hydrogens is 263 g/mol. The maximum absolute atomic E-state index is 10.6. The number of carboxylic acids is 1. The molecule has 0 aromatic rings. The molecule has 0 aromatic heterocycles. The van der Waals surface area contributed by atoms with Gasteiger partial charge >= 0.3 is 13.8 Å². The van der Waals surface area contributed by atoms with Crippen LogP contribution in [-0.4, -0.2) is 66.9 Å². The van der Waals surface area contributed by atoms with E-state index in [-0.39, 0.29) is 0 Å². The van der Waals surface area contributed by atoms with Crippen molar-refractivity contribution < 1.29 is 48.8 Å². The lowest BCUT2D eigenvalue weighted by molar-refractivity contribution is -0.239. The fourth-order valence-corrected chi connectivity index (χ4v) is 1.63. The van der Waals surface area contributed by atoms with Crippen molar-refractivity contribution in [3.63, 3.8) is 0 Å². The third-order valence-electron chi connectivity index (χ3n) is 2.15. The van der Waals surface area contributed by atoms with Gasteiger partial charge in [0.05, 0.1) is 6.61 Å². The van der Waals surface area contributed by atoms with E-state index in [9.17, 15) is 24.7 Å². The molecule has 11 heteroatoms. The molecule has 1 aliphatic heterocycles. The number of hydrogen-bond acceptors (Lipinski definition) is 7. The molecule has 10 nitrogen and oxygen atoms in total. The molecule has 0 amide bonds. The van der Waals surface area contributed by atoms with Crippen molar-refractivity contribution in [3.8, 4) is 0 Å². The van der Waals surface area contributed by atoms with Gasteiger partial charge in [0.1, 0.15) is 18.3 Å². The summed E-state index contributed by atoms with van der Waals surface area (Å²) in [5.41, 5.74) is 0. The highest BCUT2D eigenvalue weighted by molar-refractivity contribution is 7.46. The van der Waals surface area contributed by atoms with E-state index < -0.39 is 44.5 Å². The van der Waals surface area contributed by atoms with Crippen molar-refractivity contribution in [2.24, 2.45) is 0 Å². The maximum atomic E-state index is 10.6. The van der Waals surface area contributed by atoms with Gasteiger partial charge in [-0.05, 0) is 0 Å². The van der Waals surface area contributed by atoms with Crippen LogP contribution in [0.15, 0.2) is 0 Å². The predicted octanol–water partition coefficient (Wildman–Crippen LogP) is -3.01. The topological polar surface area (TPSA) is 174 Å². The zero-order chi connectivity index (χ0) is 13.4. The van der Waals surface area contributed by atoms with Crippen LogP contribution in [0.3, 0.4) is 0 Å². The summed E-state index contributed by atoms with van der Waals surface area (Å²) in [5.74, 6) is -4.98. The van der Waals surface area contributed by atoms with Crippen LogP contribution < -0.4 is 0 Å². The molecule has 100 valence electrons. The minimum absolute atomic E-state index is 0.891. The van der Waals surface area contributed by atoms with E-state index in [4.69, 9.17) is 14.9 Å². The van der Waals surface area contributed by atoms with Crippen LogP contribution in [0, 0.1) is 0 Å². The fraction of sp³-hybridized carbons (Fsp3) is 0.833. The van der Waals surface area contributed by atoms with E-state index >= 15 is 0 Å².